The molecule has 0 spiro atoms. The zero-order valence-corrected chi connectivity index (χ0v) is 11.8. The van der Waals surface area contributed by atoms with Gasteiger partial charge in [0.15, 0.2) is 5.78 Å². The molecule has 0 amide bonds. The monoisotopic (exact) mass is 283 g/mol. The lowest BCUT2D eigenvalue weighted by atomic mass is 10.1. The van der Waals surface area contributed by atoms with Crippen LogP contribution in [0.4, 0.5) is 4.39 Å². The summed E-state index contributed by atoms with van der Waals surface area (Å²) in [5.74, 6) is -0.170. The first kappa shape index (κ1) is 14.7. The Morgan fingerprint density at radius 1 is 1.29 bits per heavy atom. The zero-order valence-electron chi connectivity index (χ0n) is 11.8. The van der Waals surface area contributed by atoms with E-state index in [9.17, 15) is 9.18 Å². The van der Waals surface area contributed by atoms with Gasteiger partial charge in [0, 0.05) is 5.56 Å². The third kappa shape index (κ3) is 3.46. The van der Waals surface area contributed by atoms with Gasteiger partial charge in [0.2, 0.25) is 0 Å². The number of nitriles is 1. The summed E-state index contributed by atoms with van der Waals surface area (Å²) in [6.07, 6.45) is 0. The van der Waals surface area contributed by atoms with Crippen LogP contribution in [0.3, 0.4) is 0 Å². The van der Waals surface area contributed by atoms with Crippen molar-refractivity contribution < 1.29 is 13.9 Å². The van der Waals surface area contributed by atoms with E-state index in [1.807, 2.05) is 19.1 Å². The number of carbonyl (C=O) groups is 1. The van der Waals surface area contributed by atoms with Gasteiger partial charge in [-0.1, -0.05) is 17.7 Å². The van der Waals surface area contributed by atoms with Crippen molar-refractivity contribution >= 4 is 5.78 Å². The molecule has 0 atom stereocenters. The van der Waals surface area contributed by atoms with E-state index in [4.69, 9.17) is 10.00 Å². The Hall–Kier alpha value is -2.67. The second-order valence-corrected chi connectivity index (χ2v) is 4.76. The van der Waals surface area contributed by atoms with Gasteiger partial charge in [0.25, 0.3) is 0 Å². The molecule has 0 aliphatic carbocycles. The number of Topliss-reactive ketones (excluding diaryl/α,β-unsaturated/α-hetero) is 1. The highest BCUT2D eigenvalue weighted by Crippen LogP contribution is 2.22. The number of benzene rings is 2. The number of carbonyl (C=O) groups excluding carboxylic acids is 1. The molecule has 0 saturated carbocycles. The van der Waals surface area contributed by atoms with Gasteiger partial charge in [0.1, 0.15) is 18.2 Å². The van der Waals surface area contributed by atoms with Crippen LogP contribution in [-0.4, -0.2) is 5.78 Å². The normalized spacial score (nSPS) is 10.0. The van der Waals surface area contributed by atoms with Gasteiger partial charge in [0.05, 0.1) is 17.2 Å². The van der Waals surface area contributed by atoms with Crippen LogP contribution in [0.15, 0.2) is 36.4 Å². The van der Waals surface area contributed by atoms with E-state index in [1.165, 1.54) is 25.1 Å². The molecule has 21 heavy (non-hydrogen) atoms. The maximum Gasteiger partial charge on any atom is 0.163 e. The summed E-state index contributed by atoms with van der Waals surface area (Å²) in [6.45, 7) is 3.35. The minimum Gasteiger partial charge on any atom is -0.488 e. The summed E-state index contributed by atoms with van der Waals surface area (Å²) in [5, 5.41) is 8.70. The van der Waals surface area contributed by atoms with Crippen molar-refractivity contribution in [3.8, 4) is 11.8 Å². The van der Waals surface area contributed by atoms with Crippen molar-refractivity contribution in [1.29, 1.82) is 5.26 Å². The molecule has 0 unspecified atom stereocenters. The molecule has 3 nitrogen and oxygen atoms in total. The predicted octanol–water partition coefficient (Wildman–Crippen LogP) is 3.79. The van der Waals surface area contributed by atoms with Crippen molar-refractivity contribution in [2.75, 3.05) is 0 Å². The molecule has 0 aliphatic rings. The van der Waals surface area contributed by atoms with Gasteiger partial charge in [-0.2, -0.15) is 5.26 Å². The Kier molecular flexibility index (Phi) is 4.34. The number of aryl methyl sites for hydroxylation is 1. The molecule has 0 aromatic heterocycles. The summed E-state index contributed by atoms with van der Waals surface area (Å²) in [5.41, 5.74) is 2.03. The van der Waals surface area contributed by atoms with Crippen LogP contribution in [0.25, 0.3) is 0 Å². The van der Waals surface area contributed by atoms with Crippen LogP contribution >= 0.6 is 0 Å². The topological polar surface area (TPSA) is 50.1 Å². The van der Waals surface area contributed by atoms with Gasteiger partial charge in [-0.15, -0.1) is 0 Å². The van der Waals surface area contributed by atoms with E-state index in [0.29, 0.717) is 16.9 Å². The zero-order chi connectivity index (χ0) is 15.4. The minimum atomic E-state index is -0.495. The molecule has 2 aromatic rings. The maximum atomic E-state index is 13.8. The summed E-state index contributed by atoms with van der Waals surface area (Å²) in [7, 11) is 0. The van der Waals surface area contributed by atoms with Crippen LogP contribution in [0.1, 0.15) is 34.0 Å². The molecular weight excluding hydrogens is 269 g/mol. The summed E-state index contributed by atoms with van der Waals surface area (Å²) in [4.78, 5) is 11.6. The minimum absolute atomic E-state index is 0.000876. The largest absolute Gasteiger partial charge is 0.488 e. The fourth-order valence-corrected chi connectivity index (χ4v) is 1.93. The number of halogens is 1. The highest BCUT2D eigenvalue weighted by atomic mass is 19.1. The van der Waals surface area contributed by atoms with Crippen molar-refractivity contribution in [3.63, 3.8) is 0 Å². The Morgan fingerprint density at radius 3 is 2.67 bits per heavy atom. The van der Waals surface area contributed by atoms with Gasteiger partial charge < -0.3 is 4.74 Å². The van der Waals surface area contributed by atoms with Crippen LogP contribution < -0.4 is 4.74 Å². The van der Waals surface area contributed by atoms with Crippen LogP contribution in [-0.2, 0) is 6.61 Å². The quantitative estimate of drug-likeness (QED) is 0.802. The van der Waals surface area contributed by atoms with E-state index in [2.05, 4.69) is 0 Å². The van der Waals surface area contributed by atoms with E-state index >= 15 is 0 Å². The smallest absolute Gasteiger partial charge is 0.163 e. The summed E-state index contributed by atoms with van der Waals surface area (Å²) < 4.78 is 19.3. The van der Waals surface area contributed by atoms with E-state index < -0.39 is 5.82 Å². The maximum absolute atomic E-state index is 13.8. The average molecular weight is 283 g/mol. The third-order valence-electron chi connectivity index (χ3n) is 3.08. The number of rotatable bonds is 4. The summed E-state index contributed by atoms with van der Waals surface area (Å²) in [6, 6.07) is 11.4. The van der Waals surface area contributed by atoms with Crippen molar-refractivity contribution in [3.05, 3.63) is 64.5 Å². The van der Waals surface area contributed by atoms with Gasteiger partial charge in [-0.05, 0) is 38.1 Å². The predicted molar refractivity (Wildman–Crippen MR) is 76.6 cm³/mol. The number of hydrogen-bond donors (Lipinski definition) is 0. The molecule has 106 valence electrons. The number of hydrogen-bond acceptors (Lipinski definition) is 3. The standard InChI is InChI=1S/C17H14FNO2/c1-11-3-6-17(15(7-11)12(2)20)21-10-14-5-4-13(9-19)8-16(14)18/h3-8H,10H2,1-2H3. The molecule has 0 heterocycles. The molecule has 0 radical (unpaired) electrons. The molecule has 2 aromatic carbocycles. The van der Waals surface area contributed by atoms with Gasteiger partial charge in [-0.25, -0.2) is 4.39 Å². The first-order chi connectivity index (χ1) is 10.0. The van der Waals surface area contributed by atoms with Gasteiger partial charge >= 0.3 is 0 Å². The molecule has 2 rings (SSSR count). The highest BCUT2D eigenvalue weighted by Gasteiger charge is 2.10. The Bertz CT molecular complexity index is 732. The molecule has 0 bridgehead atoms. The molecule has 0 saturated heterocycles. The average Bonchev–Trinajstić information content (AvgIpc) is 2.46. The Balaban J connectivity index is 2.21. The third-order valence-corrected chi connectivity index (χ3v) is 3.08. The SMILES string of the molecule is CC(=O)c1cc(C)ccc1OCc1ccc(C#N)cc1F. The van der Waals surface area contributed by atoms with E-state index in [-0.39, 0.29) is 18.0 Å². The molecular formula is C17H14FNO2. The van der Waals surface area contributed by atoms with E-state index in [1.54, 1.807) is 12.1 Å². The van der Waals surface area contributed by atoms with Gasteiger partial charge in [-0.3, -0.25) is 4.79 Å². The number of ketones is 1. The van der Waals surface area contributed by atoms with Crippen molar-refractivity contribution in [2.45, 2.75) is 20.5 Å². The lowest BCUT2D eigenvalue weighted by Crippen LogP contribution is -2.03. The molecule has 0 N–H and O–H groups in total. The number of ether oxygens (including phenoxy) is 1. The highest BCUT2D eigenvalue weighted by molar-refractivity contribution is 5.97. The Morgan fingerprint density at radius 2 is 2.05 bits per heavy atom. The lowest BCUT2D eigenvalue weighted by molar-refractivity contribution is 0.101. The van der Waals surface area contributed by atoms with Crippen LogP contribution in [0, 0.1) is 24.1 Å². The molecule has 4 heteroatoms. The van der Waals surface area contributed by atoms with E-state index in [0.717, 1.165) is 5.56 Å². The van der Waals surface area contributed by atoms with Crippen LogP contribution in [0.2, 0.25) is 0 Å². The van der Waals surface area contributed by atoms with Crippen molar-refractivity contribution in [1.82, 2.24) is 0 Å². The Labute approximate surface area is 122 Å². The first-order valence-electron chi connectivity index (χ1n) is 6.44. The second kappa shape index (κ2) is 6.19. The fourth-order valence-electron chi connectivity index (χ4n) is 1.93. The second-order valence-electron chi connectivity index (χ2n) is 4.76. The molecule has 0 aliphatic heterocycles. The van der Waals surface area contributed by atoms with Crippen molar-refractivity contribution in [2.24, 2.45) is 0 Å². The summed E-state index contributed by atoms with van der Waals surface area (Å²) >= 11 is 0. The molecule has 0 fully saturated rings. The number of nitrogens with zero attached hydrogens (tertiary/aromatic N) is 1. The lowest BCUT2D eigenvalue weighted by Gasteiger charge is -2.11. The fraction of sp³-hybridized carbons (Fsp3) is 0.176. The van der Waals surface area contributed by atoms with Crippen LogP contribution in [0.5, 0.6) is 5.75 Å². The first-order valence-corrected chi connectivity index (χ1v) is 6.44.